The van der Waals surface area contributed by atoms with Gasteiger partial charge in [0, 0.05) is 25.3 Å². The fourth-order valence-corrected chi connectivity index (χ4v) is 3.83. The number of halogens is 2. The smallest absolute Gasteiger partial charge is 0.147 e. The van der Waals surface area contributed by atoms with Crippen LogP contribution in [-0.4, -0.2) is 24.1 Å². The van der Waals surface area contributed by atoms with Gasteiger partial charge in [0.2, 0.25) is 0 Å². The Bertz CT molecular complexity index is 452. The number of aromatic nitrogens is 1. The summed E-state index contributed by atoms with van der Waals surface area (Å²) in [5, 5.41) is 1.21. The molecule has 3 unspecified atom stereocenters. The van der Waals surface area contributed by atoms with E-state index in [1.54, 1.807) is 12.3 Å². The Morgan fingerprint density at radius 3 is 2.83 bits per heavy atom. The van der Waals surface area contributed by atoms with Crippen molar-refractivity contribution in [1.82, 2.24) is 4.98 Å². The molecule has 0 bridgehead atoms. The second-order valence-electron chi connectivity index (χ2n) is 5.38. The van der Waals surface area contributed by atoms with E-state index >= 15 is 0 Å². The quantitative estimate of drug-likeness (QED) is 0.863. The summed E-state index contributed by atoms with van der Waals surface area (Å²) < 4.78 is 0. The highest BCUT2D eigenvalue weighted by Gasteiger charge is 2.39. The zero-order chi connectivity index (χ0) is 12.7. The number of anilines is 1. The molecule has 3 rings (SSSR count). The highest BCUT2D eigenvalue weighted by atomic mass is 35.5. The number of fused-ring (bicyclic) bond motifs is 1. The van der Waals surface area contributed by atoms with Crippen LogP contribution in [0.5, 0.6) is 0 Å². The highest BCUT2D eigenvalue weighted by Crippen LogP contribution is 2.39. The zero-order valence-corrected chi connectivity index (χ0v) is 11.7. The SMILES string of the molecule is NC1CCCC2CN(c3ncc(Cl)cc3Cl)CC12. The molecule has 0 amide bonds. The lowest BCUT2D eigenvalue weighted by Crippen LogP contribution is -2.38. The van der Waals surface area contributed by atoms with Crippen molar-refractivity contribution in [3.05, 3.63) is 22.3 Å². The Hall–Kier alpha value is -0.510. The highest BCUT2D eigenvalue weighted by molar-refractivity contribution is 6.36. The first-order valence-corrected chi connectivity index (χ1v) is 7.22. The van der Waals surface area contributed by atoms with E-state index in [9.17, 15) is 0 Å². The van der Waals surface area contributed by atoms with E-state index in [0.717, 1.165) is 25.3 Å². The fourth-order valence-electron chi connectivity index (χ4n) is 3.33. The van der Waals surface area contributed by atoms with Crippen molar-refractivity contribution < 1.29 is 0 Å². The van der Waals surface area contributed by atoms with Gasteiger partial charge in [0.15, 0.2) is 0 Å². The maximum absolute atomic E-state index is 6.22. The first-order valence-electron chi connectivity index (χ1n) is 6.46. The number of nitrogens with zero attached hydrogens (tertiary/aromatic N) is 2. The van der Waals surface area contributed by atoms with Gasteiger partial charge in [-0.2, -0.15) is 0 Å². The van der Waals surface area contributed by atoms with Crippen molar-refractivity contribution in [1.29, 1.82) is 0 Å². The standard InChI is InChI=1S/C13H17Cl2N3/c14-9-4-11(15)13(17-5-9)18-6-8-2-1-3-12(16)10(8)7-18/h4-5,8,10,12H,1-3,6-7,16H2. The average Bonchev–Trinajstić information content (AvgIpc) is 2.74. The first-order chi connectivity index (χ1) is 8.65. The van der Waals surface area contributed by atoms with Gasteiger partial charge in [0.25, 0.3) is 0 Å². The Morgan fingerprint density at radius 2 is 2.11 bits per heavy atom. The van der Waals surface area contributed by atoms with Crippen LogP contribution in [0.25, 0.3) is 0 Å². The Morgan fingerprint density at radius 1 is 1.28 bits per heavy atom. The summed E-state index contributed by atoms with van der Waals surface area (Å²) in [5.74, 6) is 2.14. The molecule has 1 aromatic heterocycles. The van der Waals surface area contributed by atoms with Crippen molar-refractivity contribution in [2.75, 3.05) is 18.0 Å². The van der Waals surface area contributed by atoms with Crippen LogP contribution in [0.15, 0.2) is 12.3 Å². The van der Waals surface area contributed by atoms with Crippen molar-refractivity contribution in [2.24, 2.45) is 17.6 Å². The molecule has 3 nitrogen and oxygen atoms in total. The van der Waals surface area contributed by atoms with Gasteiger partial charge < -0.3 is 10.6 Å². The molecule has 2 fully saturated rings. The maximum Gasteiger partial charge on any atom is 0.147 e. The monoisotopic (exact) mass is 285 g/mol. The Balaban J connectivity index is 1.82. The van der Waals surface area contributed by atoms with E-state index in [2.05, 4.69) is 9.88 Å². The molecule has 0 aromatic carbocycles. The largest absolute Gasteiger partial charge is 0.355 e. The molecule has 98 valence electrons. The van der Waals surface area contributed by atoms with Gasteiger partial charge in [0.05, 0.1) is 10.0 Å². The predicted molar refractivity (Wildman–Crippen MR) is 75.3 cm³/mol. The van der Waals surface area contributed by atoms with Crippen LogP contribution < -0.4 is 10.6 Å². The van der Waals surface area contributed by atoms with Crippen LogP contribution in [-0.2, 0) is 0 Å². The van der Waals surface area contributed by atoms with Gasteiger partial charge in [-0.1, -0.05) is 29.6 Å². The van der Waals surface area contributed by atoms with Crippen LogP contribution in [0.1, 0.15) is 19.3 Å². The van der Waals surface area contributed by atoms with E-state index in [0.29, 0.717) is 27.9 Å². The van der Waals surface area contributed by atoms with Crippen LogP contribution >= 0.6 is 23.2 Å². The number of nitrogens with two attached hydrogens (primary N) is 1. The minimum Gasteiger partial charge on any atom is -0.355 e. The van der Waals surface area contributed by atoms with Crippen LogP contribution in [0.2, 0.25) is 10.0 Å². The molecule has 2 heterocycles. The van der Waals surface area contributed by atoms with Gasteiger partial charge in [-0.25, -0.2) is 4.98 Å². The van der Waals surface area contributed by atoms with Crippen molar-refractivity contribution in [2.45, 2.75) is 25.3 Å². The third-order valence-corrected chi connectivity index (χ3v) is 4.73. The molecular formula is C13H17Cl2N3. The minimum atomic E-state index is 0.333. The fraction of sp³-hybridized carbons (Fsp3) is 0.615. The summed E-state index contributed by atoms with van der Waals surface area (Å²) in [7, 11) is 0. The summed E-state index contributed by atoms with van der Waals surface area (Å²) >= 11 is 12.1. The van der Waals surface area contributed by atoms with E-state index in [1.807, 2.05) is 0 Å². The summed E-state index contributed by atoms with van der Waals surface area (Å²) in [6.45, 7) is 1.99. The molecule has 1 saturated heterocycles. The van der Waals surface area contributed by atoms with Crippen LogP contribution in [0.4, 0.5) is 5.82 Å². The van der Waals surface area contributed by atoms with Crippen molar-refractivity contribution >= 4 is 29.0 Å². The molecule has 3 atom stereocenters. The molecule has 0 spiro atoms. The Kier molecular flexibility index (Phi) is 3.39. The number of rotatable bonds is 1. The molecule has 1 saturated carbocycles. The van der Waals surface area contributed by atoms with E-state index < -0.39 is 0 Å². The Labute approximate surface area is 117 Å². The molecule has 1 aliphatic heterocycles. The third-order valence-electron chi connectivity index (χ3n) is 4.24. The lowest BCUT2D eigenvalue weighted by atomic mass is 9.78. The molecular weight excluding hydrogens is 269 g/mol. The molecule has 2 aliphatic rings. The topological polar surface area (TPSA) is 42.1 Å². The molecule has 1 aromatic rings. The minimum absolute atomic E-state index is 0.333. The average molecular weight is 286 g/mol. The maximum atomic E-state index is 6.22. The summed E-state index contributed by atoms with van der Waals surface area (Å²) in [6, 6.07) is 2.09. The van der Waals surface area contributed by atoms with E-state index in [4.69, 9.17) is 28.9 Å². The van der Waals surface area contributed by atoms with E-state index in [1.165, 1.54) is 12.8 Å². The van der Waals surface area contributed by atoms with Crippen LogP contribution in [0.3, 0.4) is 0 Å². The molecule has 5 heteroatoms. The van der Waals surface area contributed by atoms with Crippen molar-refractivity contribution in [3.8, 4) is 0 Å². The summed E-state index contributed by atoms with van der Waals surface area (Å²) in [6.07, 6.45) is 5.33. The number of hydrogen-bond donors (Lipinski definition) is 1. The van der Waals surface area contributed by atoms with Gasteiger partial charge in [-0.05, 0) is 30.7 Å². The molecule has 1 aliphatic carbocycles. The lowest BCUT2D eigenvalue weighted by Gasteiger charge is -2.29. The number of hydrogen-bond acceptors (Lipinski definition) is 3. The van der Waals surface area contributed by atoms with Crippen molar-refractivity contribution in [3.63, 3.8) is 0 Å². The second kappa shape index (κ2) is 4.87. The van der Waals surface area contributed by atoms with Gasteiger partial charge >= 0.3 is 0 Å². The normalized spacial score (nSPS) is 31.5. The molecule has 2 N–H and O–H groups in total. The van der Waals surface area contributed by atoms with Gasteiger partial charge in [0.1, 0.15) is 5.82 Å². The second-order valence-corrected chi connectivity index (χ2v) is 6.23. The zero-order valence-electron chi connectivity index (χ0n) is 10.1. The predicted octanol–water partition coefficient (Wildman–Crippen LogP) is 2.95. The lowest BCUT2D eigenvalue weighted by molar-refractivity contribution is 0.260. The number of pyridine rings is 1. The summed E-state index contributed by atoms with van der Waals surface area (Å²) in [4.78, 5) is 6.63. The molecule has 0 radical (unpaired) electrons. The van der Waals surface area contributed by atoms with Gasteiger partial charge in [-0.3, -0.25) is 0 Å². The first kappa shape index (κ1) is 12.5. The van der Waals surface area contributed by atoms with E-state index in [-0.39, 0.29) is 0 Å². The molecule has 18 heavy (non-hydrogen) atoms. The summed E-state index contributed by atoms with van der Waals surface area (Å²) in [5.41, 5.74) is 6.22. The van der Waals surface area contributed by atoms with Gasteiger partial charge in [-0.15, -0.1) is 0 Å². The third kappa shape index (κ3) is 2.20. The van der Waals surface area contributed by atoms with Crippen LogP contribution in [0, 0.1) is 11.8 Å².